The molecule has 23 heavy (non-hydrogen) atoms. The Balaban J connectivity index is 1.64. The van der Waals surface area contributed by atoms with Crippen molar-refractivity contribution in [1.82, 2.24) is 19.9 Å². The Morgan fingerprint density at radius 1 is 1.39 bits per heavy atom. The van der Waals surface area contributed by atoms with Crippen LogP contribution in [0.1, 0.15) is 16.1 Å². The maximum absolute atomic E-state index is 12.2. The number of fused-ring (bicyclic) bond motifs is 1. The molecule has 2 N–H and O–H groups in total. The highest BCUT2D eigenvalue weighted by atomic mass is 16.5. The van der Waals surface area contributed by atoms with E-state index in [2.05, 4.69) is 19.9 Å². The van der Waals surface area contributed by atoms with E-state index in [-0.39, 0.29) is 5.91 Å². The molecule has 0 unspecified atom stereocenters. The van der Waals surface area contributed by atoms with Crippen molar-refractivity contribution in [2.45, 2.75) is 13.0 Å². The predicted octanol–water partition coefficient (Wildman–Crippen LogP) is 1.98. The minimum Gasteiger partial charge on any atom is -0.383 e. The third-order valence-corrected chi connectivity index (χ3v) is 3.80. The third-order valence-electron chi connectivity index (χ3n) is 3.80. The van der Waals surface area contributed by atoms with Crippen LogP contribution in [0, 0.1) is 0 Å². The van der Waals surface area contributed by atoms with Gasteiger partial charge in [0.25, 0.3) is 5.91 Å². The van der Waals surface area contributed by atoms with Crippen molar-refractivity contribution >= 4 is 16.8 Å². The molecule has 2 aromatic heterocycles. The van der Waals surface area contributed by atoms with Crippen molar-refractivity contribution in [2.24, 2.45) is 0 Å². The summed E-state index contributed by atoms with van der Waals surface area (Å²) in [5.74, 6) is -0.0592. The first-order valence-corrected chi connectivity index (χ1v) is 7.61. The SMILES string of the molecule is COCCn1ccc2cc(C(=O)NCCc3cnc[nH]3)ccc21. The van der Waals surface area contributed by atoms with E-state index in [1.165, 1.54) is 0 Å². The Morgan fingerprint density at radius 3 is 3.09 bits per heavy atom. The van der Waals surface area contributed by atoms with Crippen LogP contribution < -0.4 is 5.32 Å². The number of imidazole rings is 1. The normalized spacial score (nSPS) is 11.0. The molecule has 3 rings (SSSR count). The number of H-pyrrole nitrogens is 1. The zero-order valence-corrected chi connectivity index (χ0v) is 13.1. The zero-order chi connectivity index (χ0) is 16.1. The van der Waals surface area contributed by atoms with Gasteiger partial charge in [0.15, 0.2) is 0 Å². The maximum atomic E-state index is 12.2. The number of carbonyl (C=O) groups excluding carboxylic acids is 1. The van der Waals surface area contributed by atoms with Gasteiger partial charge in [-0.05, 0) is 24.3 Å². The molecule has 6 heteroatoms. The van der Waals surface area contributed by atoms with E-state index in [0.29, 0.717) is 18.7 Å². The molecule has 0 saturated carbocycles. The van der Waals surface area contributed by atoms with Crippen molar-refractivity contribution in [3.05, 3.63) is 54.2 Å². The summed E-state index contributed by atoms with van der Waals surface area (Å²) in [6.07, 6.45) is 6.16. The fraction of sp³-hybridized carbons (Fsp3) is 0.294. The topological polar surface area (TPSA) is 71.9 Å². The molecule has 0 bridgehead atoms. The standard InChI is InChI=1S/C17H20N4O2/c1-23-9-8-21-7-5-13-10-14(2-3-16(13)21)17(22)19-6-4-15-11-18-12-20-15/h2-3,5,7,10-12H,4,6,8-9H2,1H3,(H,18,20)(H,19,22). The Bertz CT molecular complexity index is 777. The number of hydrogen-bond donors (Lipinski definition) is 2. The Morgan fingerprint density at radius 2 is 2.30 bits per heavy atom. The van der Waals surface area contributed by atoms with Crippen LogP contribution in [-0.2, 0) is 17.7 Å². The lowest BCUT2D eigenvalue weighted by Gasteiger charge is -2.07. The third kappa shape index (κ3) is 3.60. The molecule has 0 atom stereocenters. The number of aromatic nitrogens is 3. The highest BCUT2D eigenvalue weighted by Crippen LogP contribution is 2.17. The number of carbonyl (C=O) groups is 1. The lowest BCUT2D eigenvalue weighted by molar-refractivity contribution is 0.0954. The molecular weight excluding hydrogens is 292 g/mol. The second-order valence-electron chi connectivity index (χ2n) is 5.36. The first-order chi connectivity index (χ1) is 11.3. The molecule has 1 amide bonds. The van der Waals surface area contributed by atoms with E-state index in [4.69, 9.17) is 4.74 Å². The second kappa shape index (κ2) is 7.11. The molecule has 2 heterocycles. The van der Waals surface area contributed by atoms with Crippen LogP contribution in [-0.4, -0.2) is 40.7 Å². The van der Waals surface area contributed by atoms with Gasteiger partial charge in [-0.15, -0.1) is 0 Å². The molecule has 0 aliphatic carbocycles. The number of nitrogens with one attached hydrogen (secondary N) is 2. The summed E-state index contributed by atoms with van der Waals surface area (Å²) >= 11 is 0. The number of benzene rings is 1. The number of aromatic amines is 1. The second-order valence-corrected chi connectivity index (χ2v) is 5.36. The fourth-order valence-electron chi connectivity index (χ4n) is 2.56. The van der Waals surface area contributed by atoms with E-state index in [1.54, 1.807) is 19.6 Å². The Labute approximate surface area is 134 Å². The largest absolute Gasteiger partial charge is 0.383 e. The number of nitrogens with zero attached hydrogens (tertiary/aromatic N) is 2. The molecule has 0 spiro atoms. The number of hydrogen-bond acceptors (Lipinski definition) is 3. The highest BCUT2D eigenvalue weighted by Gasteiger charge is 2.08. The first kappa shape index (κ1) is 15.3. The Kier molecular flexibility index (Phi) is 4.73. The van der Waals surface area contributed by atoms with Gasteiger partial charge in [0.2, 0.25) is 0 Å². The van der Waals surface area contributed by atoms with Gasteiger partial charge in [0.1, 0.15) is 0 Å². The summed E-state index contributed by atoms with van der Waals surface area (Å²) in [4.78, 5) is 19.2. The van der Waals surface area contributed by atoms with Gasteiger partial charge in [-0.1, -0.05) is 0 Å². The summed E-state index contributed by atoms with van der Waals surface area (Å²) in [6, 6.07) is 7.78. The van der Waals surface area contributed by atoms with Gasteiger partial charge in [-0.25, -0.2) is 4.98 Å². The van der Waals surface area contributed by atoms with Crippen LogP contribution in [0.15, 0.2) is 43.0 Å². The van der Waals surface area contributed by atoms with Crippen molar-refractivity contribution in [3.8, 4) is 0 Å². The van der Waals surface area contributed by atoms with Gasteiger partial charge in [-0.3, -0.25) is 4.79 Å². The molecule has 3 aromatic rings. The lowest BCUT2D eigenvalue weighted by atomic mass is 10.1. The van der Waals surface area contributed by atoms with Gasteiger partial charge in [0.05, 0.1) is 12.9 Å². The van der Waals surface area contributed by atoms with Gasteiger partial charge < -0.3 is 19.6 Å². The number of rotatable bonds is 7. The monoisotopic (exact) mass is 312 g/mol. The van der Waals surface area contributed by atoms with Gasteiger partial charge in [-0.2, -0.15) is 0 Å². The number of methoxy groups -OCH3 is 1. The van der Waals surface area contributed by atoms with Crippen molar-refractivity contribution in [3.63, 3.8) is 0 Å². The lowest BCUT2D eigenvalue weighted by Crippen LogP contribution is -2.25. The summed E-state index contributed by atoms with van der Waals surface area (Å²) in [5.41, 5.74) is 2.79. The molecule has 1 aromatic carbocycles. The van der Waals surface area contributed by atoms with Crippen molar-refractivity contribution < 1.29 is 9.53 Å². The molecule has 0 saturated heterocycles. The minimum absolute atomic E-state index is 0.0592. The quantitative estimate of drug-likeness (QED) is 0.701. The molecule has 120 valence electrons. The van der Waals surface area contributed by atoms with Crippen LogP contribution in [0.25, 0.3) is 10.9 Å². The summed E-state index contributed by atoms with van der Waals surface area (Å²) < 4.78 is 7.23. The Hall–Kier alpha value is -2.60. The molecular formula is C17H20N4O2. The minimum atomic E-state index is -0.0592. The van der Waals surface area contributed by atoms with Gasteiger partial charge >= 0.3 is 0 Å². The molecule has 0 aliphatic rings. The van der Waals surface area contributed by atoms with E-state index in [1.807, 2.05) is 30.5 Å². The van der Waals surface area contributed by atoms with Crippen LogP contribution in [0.3, 0.4) is 0 Å². The smallest absolute Gasteiger partial charge is 0.251 e. The summed E-state index contributed by atoms with van der Waals surface area (Å²) in [7, 11) is 1.69. The first-order valence-electron chi connectivity index (χ1n) is 7.61. The van der Waals surface area contributed by atoms with E-state index in [0.717, 1.165) is 29.6 Å². The van der Waals surface area contributed by atoms with Gasteiger partial charge in [0, 0.05) is 61.2 Å². The van der Waals surface area contributed by atoms with Crippen LogP contribution >= 0.6 is 0 Å². The van der Waals surface area contributed by atoms with E-state index < -0.39 is 0 Å². The fourth-order valence-corrected chi connectivity index (χ4v) is 2.56. The van der Waals surface area contributed by atoms with Crippen molar-refractivity contribution in [2.75, 3.05) is 20.3 Å². The van der Waals surface area contributed by atoms with Crippen LogP contribution in [0.4, 0.5) is 0 Å². The van der Waals surface area contributed by atoms with E-state index >= 15 is 0 Å². The maximum Gasteiger partial charge on any atom is 0.251 e. The summed E-state index contributed by atoms with van der Waals surface area (Å²) in [5, 5.41) is 3.99. The average Bonchev–Trinajstić information content (AvgIpc) is 3.21. The van der Waals surface area contributed by atoms with Crippen LogP contribution in [0.2, 0.25) is 0 Å². The molecule has 0 radical (unpaired) electrons. The van der Waals surface area contributed by atoms with E-state index in [9.17, 15) is 4.79 Å². The predicted molar refractivity (Wildman–Crippen MR) is 88.4 cm³/mol. The molecule has 6 nitrogen and oxygen atoms in total. The number of amides is 1. The average molecular weight is 312 g/mol. The highest BCUT2D eigenvalue weighted by molar-refractivity contribution is 5.98. The van der Waals surface area contributed by atoms with Crippen LogP contribution in [0.5, 0.6) is 0 Å². The van der Waals surface area contributed by atoms with Crippen molar-refractivity contribution in [1.29, 1.82) is 0 Å². The zero-order valence-electron chi connectivity index (χ0n) is 13.1. The summed E-state index contributed by atoms with van der Waals surface area (Å²) in [6.45, 7) is 2.04. The molecule has 0 aliphatic heterocycles. The molecule has 0 fully saturated rings. The number of ether oxygens (including phenoxy) is 1.